The summed E-state index contributed by atoms with van der Waals surface area (Å²) in [6, 6.07) is 13.9. The number of aliphatic imine (C=N–C) groups is 1. The molecule has 1 aromatic carbocycles. The number of aromatic nitrogens is 1. The van der Waals surface area contributed by atoms with E-state index in [-0.39, 0.29) is 24.0 Å². The molecule has 7 heteroatoms. The van der Waals surface area contributed by atoms with Crippen LogP contribution in [0.5, 0.6) is 11.6 Å². The number of methoxy groups -OCH3 is 2. The van der Waals surface area contributed by atoms with Crippen molar-refractivity contribution < 1.29 is 9.47 Å². The van der Waals surface area contributed by atoms with E-state index in [4.69, 9.17) is 9.47 Å². The fourth-order valence-electron chi connectivity index (χ4n) is 2.57. The molecule has 0 saturated carbocycles. The minimum absolute atomic E-state index is 0. The van der Waals surface area contributed by atoms with Gasteiger partial charge in [-0.15, -0.1) is 24.0 Å². The Morgan fingerprint density at radius 2 is 1.81 bits per heavy atom. The molecule has 0 saturated heterocycles. The maximum absolute atomic E-state index is 5.20. The molecule has 0 spiro atoms. The lowest BCUT2D eigenvalue weighted by Gasteiger charge is -2.15. The number of hydrogen-bond acceptors (Lipinski definition) is 4. The van der Waals surface area contributed by atoms with Crippen LogP contribution in [-0.4, -0.2) is 38.8 Å². The van der Waals surface area contributed by atoms with Gasteiger partial charge in [-0.2, -0.15) is 0 Å². The van der Waals surface area contributed by atoms with E-state index < -0.39 is 0 Å². The summed E-state index contributed by atoms with van der Waals surface area (Å²) in [5.74, 6) is 2.71. The summed E-state index contributed by atoms with van der Waals surface area (Å²) in [7, 11) is 5.06. The van der Waals surface area contributed by atoms with Gasteiger partial charge in [-0.3, -0.25) is 4.99 Å². The largest absolute Gasteiger partial charge is 0.497 e. The summed E-state index contributed by atoms with van der Waals surface area (Å²) in [5, 5.41) is 6.62. The molecule has 2 aromatic rings. The zero-order chi connectivity index (χ0) is 18.8. The number of ether oxygens (including phenoxy) is 2. The fraction of sp³-hybridized carbons (Fsp3) is 0.400. The number of nitrogens with one attached hydrogen (secondary N) is 2. The molecular weight excluding hydrogens is 455 g/mol. The Balaban J connectivity index is 0.00000364. The summed E-state index contributed by atoms with van der Waals surface area (Å²) in [6.07, 6.45) is 1.00. The van der Waals surface area contributed by atoms with Crippen molar-refractivity contribution in [1.82, 2.24) is 15.6 Å². The summed E-state index contributed by atoms with van der Waals surface area (Å²) >= 11 is 0. The van der Waals surface area contributed by atoms with Crippen LogP contribution in [-0.2, 0) is 6.54 Å². The van der Waals surface area contributed by atoms with Crippen molar-refractivity contribution in [2.75, 3.05) is 27.8 Å². The van der Waals surface area contributed by atoms with Crippen LogP contribution in [0.1, 0.15) is 30.5 Å². The average Bonchev–Trinajstić information content (AvgIpc) is 2.70. The van der Waals surface area contributed by atoms with Crippen LogP contribution in [0.25, 0.3) is 0 Å². The van der Waals surface area contributed by atoms with E-state index in [1.807, 2.05) is 30.3 Å². The monoisotopic (exact) mass is 484 g/mol. The highest BCUT2D eigenvalue weighted by Gasteiger charge is 2.07. The minimum atomic E-state index is 0. The van der Waals surface area contributed by atoms with Crippen molar-refractivity contribution >= 4 is 29.9 Å². The number of nitrogens with zero attached hydrogens (tertiary/aromatic N) is 2. The first-order valence-electron chi connectivity index (χ1n) is 8.74. The number of hydrogen-bond donors (Lipinski definition) is 2. The van der Waals surface area contributed by atoms with Crippen LogP contribution in [0.2, 0.25) is 0 Å². The summed E-state index contributed by atoms with van der Waals surface area (Å²) in [4.78, 5) is 8.64. The van der Waals surface area contributed by atoms with Crippen molar-refractivity contribution in [1.29, 1.82) is 0 Å². The number of pyridine rings is 1. The number of benzene rings is 1. The van der Waals surface area contributed by atoms with Gasteiger partial charge >= 0.3 is 0 Å². The third-order valence-electron chi connectivity index (χ3n) is 4.21. The van der Waals surface area contributed by atoms with Crippen LogP contribution < -0.4 is 20.1 Å². The zero-order valence-electron chi connectivity index (χ0n) is 16.4. The molecule has 0 amide bonds. The Hall–Kier alpha value is -2.03. The molecule has 1 heterocycles. The van der Waals surface area contributed by atoms with Crippen molar-refractivity contribution in [3.8, 4) is 11.6 Å². The van der Waals surface area contributed by atoms with Crippen molar-refractivity contribution in [3.05, 3.63) is 53.7 Å². The van der Waals surface area contributed by atoms with Gasteiger partial charge in [0.05, 0.1) is 26.5 Å². The molecule has 0 bridgehead atoms. The second-order valence-electron chi connectivity index (χ2n) is 5.99. The maximum atomic E-state index is 5.20. The van der Waals surface area contributed by atoms with Crippen molar-refractivity contribution in [2.24, 2.45) is 4.99 Å². The zero-order valence-corrected chi connectivity index (χ0v) is 18.7. The Kier molecular flexibility index (Phi) is 10.5. The second kappa shape index (κ2) is 12.4. The van der Waals surface area contributed by atoms with Gasteiger partial charge in [0.25, 0.3) is 0 Å². The molecule has 2 rings (SSSR count). The van der Waals surface area contributed by atoms with Crippen LogP contribution >= 0.6 is 24.0 Å². The Bertz CT molecular complexity index is 707. The van der Waals surface area contributed by atoms with Crippen LogP contribution in [0.3, 0.4) is 0 Å². The molecule has 1 unspecified atom stereocenters. The number of guanidine groups is 1. The lowest BCUT2D eigenvalue weighted by atomic mass is 9.98. The first-order chi connectivity index (χ1) is 12.7. The fourth-order valence-corrected chi connectivity index (χ4v) is 2.57. The van der Waals surface area contributed by atoms with E-state index >= 15 is 0 Å². The quantitative estimate of drug-likeness (QED) is 0.341. The smallest absolute Gasteiger partial charge is 0.213 e. The van der Waals surface area contributed by atoms with Gasteiger partial charge in [0, 0.05) is 19.7 Å². The third kappa shape index (κ3) is 7.62. The Morgan fingerprint density at radius 3 is 2.44 bits per heavy atom. The molecular formula is C20H29IN4O2. The Labute approximate surface area is 178 Å². The molecule has 148 valence electrons. The first-order valence-corrected chi connectivity index (χ1v) is 8.74. The molecule has 0 aliphatic carbocycles. The van der Waals surface area contributed by atoms with Gasteiger partial charge in [-0.25, -0.2) is 4.98 Å². The topological polar surface area (TPSA) is 67.8 Å². The highest BCUT2D eigenvalue weighted by atomic mass is 127. The van der Waals surface area contributed by atoms with Crippen molar-refractivity contribution in [2.45, 2.75) is 25.8 Å². The van der Waals surface area contributed by atoms with Gasteiger partial charge in [-0.05, 0) is 36.1 Å². The van der Waals surface area contributed by atoms with Gasteiger partial charge in [0.2, 0.25) is 5.88 Å². The highest BCUT2D eigenvalue weighted by molar-refractivity contribution is 14.0. The van der Waals surface area contributed by atoms with E-state index in [1.54, 1.807) is 21.3 Å². The molecule has 6 nitrogen and oxygen atoms in total. The maximum Gasteiger partial charge on any atom is 0.213 e. The van der Waals surface area contributed by atoms with Crippen LogP contribution in [0.4, 0.5) is 0 Å². The van der Waals surface area contributed by atoms with E-state index in [9.17, 15) is 0 Å². The lowest BCUT2D eigenvalue weighted by molar-refractivity contribution is 0.396. The second-order valence-corrected chi connectivity index (χ2v) is 5.99. The number of rotatable bonds is 8. The van der Waals surface area contributed by atoms with Crippen LogP contribution in [0, 0.1) is 0 Å². The molecule has 27 heavy (non-hydrogen) atoms. The molecule has 0 radical (unpaired) electrons. The molecule has 0 fully saturated rings. The van der Waals surface area contributed by atoms with Crippen LogP contribution in [0.15, 0.2) is 47.5 Å². The minimum Gasteiger partial charge on any atom is -0.497 e. The lowest BCUT2D eigenvalue weighted by Crippen LogP contribution is -2.37. The standard InChI is InChI=1S/C20H28N4O2.HI/c1-15(16-8-10-18(25-3)11-9-16)12-13-22-20(21-2)23-14-17-6-5-7-19(24-17)26-4;/h5-11,15H,12-14H2,1-4H3,(H2,21,22,23);1H. The SMILES string of the molecule is CN=C(NCCC(C)c1ccc(OC)cc1)NCc1cccc(OC)n1.I. The molecule has 0 aliphatic rings. The molecule has 0 aliphatic heterocycles. The van der Waals surface area contributed by atoms with E-state index in [2.05, 4.69) is 39.7 Å². The van der Waals surface area contributed by atoms with Gasteiger partial charge in [0.1, 0.15) is 5.75 Å². The number of halogens is 1. The van der Waals surface area contributed by atoms with Crippen molar-refractivity contribution in [3.63, 3.8) is 0 Å². The normalized spacial score (nSPS) is 11.9. The van der Waals surface area contributed by atoms with E-state index in [1.165, 1.54) is 5.56 Å². The van der Waals surface area contributed by atoms with Gasteiger partial charge in [-0.1, -0.05) is 25.1 Å². The molecule has 1 aromatic heterocycles. The first kappa shape index (κ1) is 23.0. The average molecular weight is 484 g/mol. The Morgan fingerprint density at radius 1 is 1.07 bits per heavy atom. The summed E-state index contributed by atoms with van der Waals surface area (Å²) in [6.45, 7) is 3.64. The van der Waals surface area contributed by atoms with E-state index in [0.717, 1.165) is 30.4 Å². The van der Waals surface area contributed by atoms with Gasteiger partial charge < -0.3 is 20.1 Å². The third-order valence-corrected chi connectivity index (χ3v) is 4.21. The molecule has 2 N–H and O–H groups in total. The highest BCUT2D eigenvalue weighted by Crippen LogP contribution is 2.21. The van der Waals surface area contributed by atoms with Gasteiger partial charge in [0.15, 0.2) is 5.96 Å². The van der Waals surface area contributed by atoms with E-state index in [0.29, 0.717) is 18.3 Å². The summed E-state index contributed by atoms with van der Waals surface area (Å²) in [5.41, 5.74) is 2.20. The predicted octanol–water partition coefficient (Wildman–Crippen LogP) is 3.58. The predicted molar refractivity (Wildman–Crippen MR) is 120 cm³/mol. The summed E-state index contributed by atoms with van der Waals surface area (Å²) < 4.78 is 10.3. The molecule has 1 atom stereocenters.